The van der Waals surface area contributed by atoms with Crippen LogP contribution in [0.4, 0.5) is 0 Å². The van der Waals surface area contributed by atoms with Gasteiger partial charge in [0.05, 0.1) is 16.8 Å². The summed E-state index contributed by atoms with van der Waals surface area (Å²) in [7, 11) is -3.43. The van der Waals surface area contributed by atoms with Crippen molar-refractivity contribution in [1.82, 2.24) is 0 Å². The van der Waals surface area contributed by atoms with Crippen molar-refractivity contribution in [1.29, 1.82) is 0 Å². The van der Waals surface area contributed by atoms with Gasteiger partial charge in [-0.3, -0.25) is 0 Å². The second-order valence-corrected chi connectivity index (χ2v) is 7.64. The number of rotatable bonds is 8. The van der Waals surface area contributed by atoms with Crippen LogP contribution in [-0.4, -0.2) is 26.8 Å². The number of hydrogen-bond acceptors (Lipinski definition) is 4. The van der Waals surface area contributed by atoms with Crippen molar-refractivity contribution >= 4 is 9.84 Å². The first-order chi connectivity index (χ1) is 11.1. The summed E-state index contributed by atoms with van der Waals surface area (Å²) in [5, 5.41) is -0.632. The average molecular weight is 333 g/mol. The lowest BCUT2D eigenvalue weighted by atomic mass is 10.1. The molecular formula is C18H23NO3S. The summed E-state index contributed by atoms with van der Waals surface area (Å²) in [6.07, 6.45) is 1.34. The van der Waals surface area contributed by atoms with Crippen molar-refractivity contribution in [2.45, 2.75) is 29.9 Å². The molecule has 5 heteroatoms. The van der Waals surface area contributed by atoms with Crippen LogP contribution in [0.15, 0.2) is 59.5 Å². The Bertz CT molecular complexity index is 697. The lowest BCUT2D eigenvalue weighted by Crippen LogP contribution is -2.31. The maximum Gasteiger partial charge on any atom is 0.182 e. The minimum Gasteiger partial charge on any atom is -0.494 e. The molecule has 0 saturated carbocycles. The van der Waals surface area contributed by atoms with Crippen LogP contribution in [0.25, 0.3) is 0 Å². The molecule has 0 radical (unpaired) electrons. The molecule has 23 heavy (non-hydrogen) atoms. The van der Waals surface area contributed by atoms with Crippen LogP contribution in [0.5, 0.6) is 5.75 Å². The van der Waals surface area contributed by atoms with E-state index >= 15 is 0 Å². The van der Waals surface area contributed by atoms with Gasteiger partial charge in [-0.05, 0) is 42.7 Å². The monoisotopic (exact) mass is 333 g/mol. The van der Waals surface area contributed by atoms with Gasteiger partial charge in [0.15, 0.2) is 9.84 Å². The standard InChI is InChI=1S/C18H23NO3S/c1-2-12-22-16-10-8-15(9-11-16)13-18(14-19)23(20,21)17-6-4-3-5-7-17/h3-11,18H,2,12-14,19H2,1H3. The highest BCUT2D eigenvalue weighted by molar-refractivity contribution is 7.92. The van der Waals surface area contributed by atoms with Gasteiger partial charge in [0.1, 0.15) is 5.75 Å². The highest BCUT2D eigenvalue weighted by atomic mass is 32.2. The summed E-state index contributed by atoms with van der Waals surface area (Å²) in [5.74, 6) is 0.797. The molecule has 0 amide bonds. The second kappa shape index (κ2) is 8.13. The van der Waals surface area contributed by atoms with Gasteiger partial charge in [0, 0.05) is 6.54 Å². The molecule has 0 aliphatic rings. The van der Waals surface area contributed by atoms with Crippen molar-refractivity contribution in [3.05, 3.63) is 60.2 Å². The predicted molar refractivity (Wildman–Crippen MR) is 92.4 cm³/mol. The Hall–Kier alpha value is -1.85. The van der Waals surface area contributed by atoms with Crippen molar-refractivity contribution in [2.24, 2.45) is 5.73 Å². The smallest absolute Gasteiger partial charge is 0.182 e. The van der Waals surface area contributed by atoms with Crippen LogP contribution in [0.2, 0.25) is 0 Å². The van der Waals surface area contributed by atoms with Gasteiger partial charge in [-0.15, -0.1) is 0 Å². The molecule has 0 aliphatic heterocycles. The van der Waals surface area contributed by atoms with Crippen molar-refractivity contribution in [3.8, 4) is 5.75 Å². The minimum absolute atomic E-state index is 0.0886. The van der Waals surface area contributed by atoms with Gasteiger partial charge in [-0.1, -0.05) is 37.3 Å². The lowest BCUT2D eigenvalue weighted by molar-refractivity contribution is 0.317. The molecule has 1 unspecified atom stereocenters. The van der Waals surface area contributed by atoms with E-state index in [4.69, 9.17) is 10.5 Å². The van der Waals surface area contributed by atoms with E-state index < -0.39 is 15.1 Å². The molecule has 2 rings (SSSR count). The van der Waals surface area contributed by atoms with Crippen LogP contribution < -0.4 is 10.5 Å². The number of nitrogens with two attached hydrogens (primary N) is 1. The molecule has 0 fully saturated rings. The summed E-state index contributed by atoms with van der Waals surface area (Å²) < 4.78 is 30.9. The van der Waals surface area contributed by atoms with Crippen LogP contribution in [0.1, 0.15) is 18.9 Å². The number of sulfone groups is 1. The molecular weight excluding hydrogens is 310 g/mol. The van der Waals surface area contributed by atoms with Gasteiger partial charge in [-0.25, -0.2) is 8.42 Å². The third kappa shape index (κ3) is 4.56. The molecule has 0 aliphatic carbocycles. The summed E-state index contributed by atoms with van der Waals surface area (Å²) in [6, 6.07) is 16.0. The third-order valence-corrected chi connectivity index (χ3v) is 5.80. The maximum absolute atomic E-state index is 12.7. The molecule has 0 spiro atoms. The summed E-state index contributed by atoms with van der Waals surface area (Å²) in [4.78, 5) is 0.318. The second-order valence-electron chi connectivity index (χ2n) is 5.41. The molecule has 124 valence electrons. The highest BCUT2D eigenvalue weighted by Crippen LogP contribution is 2.20. The number of hydrogen-bond donors (Lipinski definition) is 1. The van der Waals surface area contributed by atoms with E-state index in [0.717, 1.165) is 17.7 Å². The molecule has 1 atom stereocenters. The van der Waals surface area contributed by atoms with Gasteiger partial charge in [0.2, 0.25) is 0 Å². The first-order valence-electron chi connectivity index (χ1n) is 7.78. The van der Waals surface area contributed by atoms with Gasteiger partial charge >= 0.3 is 0 Å². The van der Waals surface area contributed by atoms with Crippen LogP contribution in [-0.2, 0) is 16.3 Å². The van der Waals surface area contributed by atoms with Gasteiger partial charge in [0.25, 0.3) is 0 Å². The molecule has 2 aromatic rings. The van der Waals surface area contributed by atoms with Crippen LogP contribution >= 0.6 is 0 Å². The first kappa shape index (κ1) is 17.5. The zero-order valence-corrected chi connectivity index (χ0v) is 14.1. The van der Waals surface area contributed by atoms with Gasteiger partial charge in [-0.2, -0.15) is 0 Å². The van der Waals surface area contributed by atoms with Gasteiger partial charge < -0.3 is 10.5 Å². The van der Waals surface area contributed by atoms with E-state index in [0.29, 0.717) is 17.9 Å². The Morgan fingerprint density at radius 3 is 2.26 bits per heavy atom. The van der Waals surface area contributed by atoms with Crippen molar-refractivity contribution in [3.63, 3.8) is 0 Å². The lowest BCUT2D eigenvalue weighted by Gasteiger charge is -2.16. The zero-order valence-electron chi connectivity index (χ0n) is 13.3. The Kier molecular flexibility index (Phi) is 6.19. The fraction of sp³-hybridized carbons (Fsp3) is 0.333. The largest absolute Gasteiger partial charge is 0.494 e. The van der Waals surface area contributed by atoms with E-state index in [1.54, 1.807) is 30.3 Å². The molecule has 4 nitrogen and oxygen atoms in total. The van der Waals surface area contributed by atoms with Crippen LogP contribution in [0, 0.1) is 0 Å². The highest BCUT2D eigenvalue weighted by Gasteiger charge is 2.26. The Morgan fingerprint density at radius 1 is 1.04 bits per heavy atom. The first-order valence-corrected chi connectivity index (χ1v) is 9.33. The third-order valence-electron chi connectivity index (χ3n) is 3.63. The maximum atomic E-state index is 12.7. The van der Waals surface area contributed by atoms with Crippen molar-refractivity contribution < 1.29 is 13.2 Å². The fourth-order valence-corrected chi connectivity index (χ4v) is 3.91. The summed E-state index contributed by atoms with van der Waals surface area (Å²) in [6.45, 7) is 2.81. The van der Waals surface area contributed by atoms with E-state index in [1.165, 1.54) is 0 Å². The topological polar surface area (TPSA) is 69.4 Å². The predicted octanol–water partition coefficient (Wildman–Crippen LogP) is 2.82. The van der Waals surface area contributed by atoms with Crippen molar-refractivity contribution in [2.75, 3.05) is 13.2 Å². The molecule has 0 saturated heterocycles. The summed E-state index contributed by atoms with van der Waals surface area (Å²) >= 11 is 0. The molecule has 0 aromatic heterocycles. The quantitative estimate of drug-likeness (QED) is 0.806. The Balaban J connectivity index is 2.13. The number of benzene rings is 2. The average Bonchev–Trinajstić information content (AvgIpc) is 2.59. The zero-order chi connectivity index (χ0) is 16.7. The number of ether oxygens (including phenoxy) is 1. The van der Waals surface area contributed by atoms with E-state index in [2.05, 4.69) is 6.92 Å². The molecule has 2 aromatic carbocycles. The van der Waals surface area contributed by atoms with E-state index in [9.17, 15) is 8.42 Å². The van der Waals surface area contributed by atoms with Crippen LogP contribution in [0.3, 0.4) is 0 Å². The Morgan fingerprint density at radius 2 is 1.70 bits per heavy atom. The Labute approximate surface area is 138 Å². The molecule has 0 bridgehead atoms. The molecule has 0 heterocycles. The van der Waals surface area contributed by atoms with E-state index in [-0.39, 0.29) is 6.54 Å². The summed E-state index contributed by atoms with van der Waals surface area (Å²) in [5.41, 5.74) is 6.67. The normalized spacial score (nSPS) is 12.8. The van der Waals surface area contributed by atoms with E-state index in [1.807, 2.05) is 24.3 Å². The fourth-order valence-electron chi connectivity index (χ4n) is 2.33. The molecule has 2 N–H and O–H groups in total. The minimum atomic E-state index is -3.43. The SMILES string of the molecule is CCCOc1ccc(CC(CN)S(=O)(=O)c2ccccc2)cc1.